The highest BCUT2D eigenvalue weighted by molar-refractivity contribution is 5.54. The average molecular weight is 239 g/mol. The van der Waals surface area contributed by atoms with Crippen molar-refractivity contribution >= 4 is 17.1 Å². The molecule has 0 fully saturated rings. The number of nitrogens with zero attached hydrogens (tertiary/aromatic N) is 2. The molecule has 0 bridgehead atoms. The van der Waals surface area contributed by atoms with Crippen LogP contribution in [0.5, 0.6) is 0 Å². The minimum absolute atomic E-state index is 0.748. The van der Waals surface area contributed by atoms with Gasteiger partial charge in [-0.1, -0.05) is 12.1 Å². The quantitative estimate of drug-likeness (QED) is 0.603. The molecule has 0 saturated carbocycles. The molecule has 0 aliphatic carbocycles. The zero-order valence-electron chi connectivity index (χ0n) is 10.9. The Balaban J connectivity index is 2.32. The van der Waals surface area contributed by atoms with E-state index in [1.165, 1.54) is 5.56 Å². The van der Waals surface area contributed by atoms with Crippen molar-refractivity contribution in [2.75, 3.05) is 5.73 Å². The third-order valence-electron chi connectivity index (χ3n) is 2.85. The molecular formula is C15H17N3. The number of rotatable bonds is 2. The second kappa shape index (κ2) is 5.00. The number of hydrogen-bond acceptors (Lipinski definition) is 3. The molecule has 0 amide bonds. The smallest absolute Gasteiger partial charge is 0.0888 e. The van der Waals surface area contributed by atoms with Gasteiger partial charge in [0.1, 0.15) is 0 Å². The van der Waals surface area contributed by atoms with Gasteiger partial charge in [0, 0.05) is 5.69 Å². The molecule has 3 heteroatoms. The Hall–Kier alpha value is -2.16. The van der Waals surface area contributed by atoms with Gasteiger partial charge in [0.15, 0.2) is 0 Å². The maximum Gasteiger partial charge on any atom is 0.0888 e. The lowest BCUT2D eigenvalue weighted by atomic mass is 10.1. The van der Waals surface area contributed by atoms with Crippen molar-refractivity contribution in [1.29, 1.82) is 0 Å². The zero-order valence-corrected chi connectivity index (χ0v) is 10.9. The number of anilines is 1. The fraction of sp³-hybridized carbons (Fsp3) is 0.200. The van der Waals surface area contributed by atoms with Crippen molar-refractivity contribution in [2.24, 2.45) is 10.2 Å². The van der Waals surface area contributed by atoms with Crippen LogP contribution in [-0.4, -0.2) is 0 Å². The monoisotopic (exact) mass is 239 g/mol. The lowest BCUT2D eigenvalue weighted by Crippen LogP contribution is -1.84. The summed E-state index contributed by atoms with van der Waals surface area (Å²) in [7, 11) is 0. The van der Waals surface area contributed by atoms with Crippen LogP contribution in [-0.2, 0) is 0 Å². The van der Waals surface area contributed by atoms with Gasteiger partial charge < -0.3 is 5.73 Å². The van der Waals surface area contributed by atoms with Gasteiger partial charge in [-0.15, -0.1) is 0 Å². The number of nitrogen functional groups attached to an aromatic ring is 1. The Morgan fingerprint density at radius 3 is 2.22 bits per heavy atom. The van der Waals surface area contributed by atoms with Gasteiger partial charge in [-0.3, -0.25) is 0 Å². The highest BCUT2D eigenvalue weighted by Crippen LogP contribution is 2.25. The van der Waals surface area contributed by atoms with Crippen molar-refractivity contribution in [3.05, 3.63) is 53.1 Å². The van der Waals surface area contributed by atoms with Gasteiger partial charge in [0.25, 0.3) is 0 Å². The van der Waals surface area contributed by atoms with E-state index in [0.29, 0.717) is 0 Å². The predicted octanol–water partition coefficient (Wildman–Crippen LogP) is 4.61. The SMILES string of the molecule is Cc1ccc(C)c(N=Nc2ccc(N)cc2C)c1. The van der Waals surface area contributed by atoms with E-state index >= 15 is 0 Å². The first-order chi connectivity index (χ1) is 8.56. The first-order valence-corrected chi connectivity index (χ1v) is 5.91. The molecule has 0 aliphatic heterocycles. The molecule has 92 valence electrons. The summed E-state index contributed by atoms with van der Waals surface area (Å²) in [6, 6.07) is 11.8. The molecule has 0 unspecified atom stereocenters. The fourth-order valence-electron chi connectivity index (χ4n) is 1.73. The molecule has 0 heterocycles. The summed E-state index contributed by atoms with van der Waals surface area (Å²) in [6.07, 6.45) is 0. The Morgan fingerprint density at radius 1 is 0.778 bits per heavy atom. The normalized spacial score (nSPS) is 11.1. The van der Waals surface area contributed by atoms with Gasteiger partial charge in [-0.05, 0) is 61.7 Å². The molecule has 2 N–H and O–H groups in total. The average Bonchev–Trinajstić information content (AvgIpc) is 2.32. The summed E-state index contributed by atoms with van der Waals surface area (Å²) in [5, 5.41) is 8.60. The molecule has 3 nitrogen and oxygen atoms in total. The number of hydrogen-bond donors (Lipinski definition) is 1. The van der Waals surface area contributed by atoms with E-state index in [9.17, 15) is 0 Å². The second-order valence-corrected chi connectivity index (χ2v) is 4.54. The lowest BCUT2D eigenvalue weighted by molar-refractivity contribution is 1.19. The van der Waals surface area contributed by atoms with E-state index in [1.54, 1.807) is 0 Å². The highest BCUT2D eigenvalue weighted by Gasteiger charge is 1.99. The van der Waals surface area contributed by atoms with E-state index in [1.807, 2.05) is 45.0 Å². The minimum Gasteiger partial charge on any atom is -0.399 e. The predicted molar refractivity (Wildman–Crippen MR) is 75.7 cm³/mol. The number of nitrogens with two attached hydrogens (primary N) is 1. The van der Waals surface area contributed by atoms with Crippen molar-refractivity contribution in [2.45, 2.75) is 20.8 Å². The van der Waals surface area contributed by atoms with Crippen LogP contribution in [0.4, 0.5) is 17.1 Å². The zero-order chi connectivity index (χ0) is 13.1. The highest BCUT2D eigenvalue weighted by atomic mass is 15.1. The van der Waals surface area contributed by atoms with Crippen LogP contribution in [0, 0.1) is 20.8 Å². The molecule has 2 rings (SSSR count). The third-order valence-corrected chi connectivity index (χ3v) is 2.85. The summed E-state index contributed by atoms with van der Waals surface area (Å²) in [4.78, 5) is 0. The Bertz CT molecular complexity index is 601. The summed E-state index contributed by atoms with van der Waals surface area (Å²) < 4.78 is 0. The van der Waals surface area contributed by atoms with Gasteiger partial charge >= 0.3 is 0 Å². The van der Waals surface area contributed by atoms with Crippen molar-refractivity contribution in [1.82, 2.24) is 0 Å². The third kappa shape index (κ3) is 2.74. The van der Waals surface area contributed by atoms with Gasteiger partial charge in [-0.25, -0.2) is 0 Å². The van der Waals surface area contributed by atoms with E-state index in [4.69, 9.17) is 5.73 Å². The van der Waals surface area contributed by atoms with Crippen molar-refractivity contribution < 1.29 is 0 Å². The standard InChI is InChI=1S/C15H17N3/c1-10-4-5-11(2)15(8-10)18-17-14-7-6-13(16)9-12(14)3/h4-9H,16H2,1-3H3. The Morgan fingerprint density at radius 2 is 1.50 bits per heavy atom. The van der Waals surface area contributed by atoms with Crippen LogP contribution < -0.4 is 5.73 Å². The Kier molecular flexibility index (Phi) is 3.42. The molecule has 0 radical (unpaired) electrons. The van der Waals surface area contributed by atoms with Gasteiger partial charge in [-0.2, -0.15) is 10.2 Å². The van der Waals surface area contributed by atoms with Crippen LogP contribution in [0.3, 0.4) is 0 Å². The summed E-state index contributed by atoms with van der Waals surface area (Å²) >= 11 is 0. The maximum atomic E-state index is 5.71. The van der Waals surface area contributed by atoms with E-state index < -0.39 is 0 Å². The fourth-order valence-corrected chi connectivity index (χ4v) is 1.73. The van der Waals surface area contributed by atoms with E-state index in [-0.39, 0.29) is 0 Å². The van der Waals surface area contributed by atoms with Gasteiger partial charge in [0.05, 0.1) is 11.4 Å². The lowest BCUT2D eigenvalue weighted by Gasteiger charge is -2.02. The second-order valence-electron chi connectivity index (χ2n) is 4.54. The van der Waals surface area contributed by atoms with Crippen LogP contribution >= 0.6 is 0 Å². The van der Waals surface area contributed by atoms with Crippen LogP contribution in [0.25, 0.3) is 0 Å². The van der Waals surface area contributed by atoms with Gasteiger partial charge in [0.2, 0.25) is 0 Å². The number of azo groups is 1. The first kappa shape index (κ1) is 12.3. The topological polar surface area (TPSA) is 50.7 Å². The molecule has 0 spiro atoms. The molecule has 2 aromatic rings. The largest absolute Gasteiger partial charge is 0.399 e. The minimum atomic E-state index is 0.748. The molecular weight excluding hydrogens is 222 g/mol. The molecule has 0 aliphatic rings. The summed E-state index contributed by atoms with van der Waals surface area (Å²) in [5.41, 5.74) is 11.6. The van der Waals surface area contributed by atoms with Crippen LogP contribution in [0.15, 0.2) is 46.6 Å². The summed E-state index contributed by atoms with van der Waals surface area (Å²) in [5.74, 6) is 0. The number of benzene rings is 2. The van der Waals surface area contributed by atoms with Crippen LogP contribution in [0.1, 0.15) is 16.7 Å². The number of aryl methyl sites for hydroxylation is 3. The summed E-state index contributed by atoms with van der Waals surface area (Å²) in [6.45, 7) is 6.06. The first-order valence-electron chi connectivity index (χ1n) is 5.91. The molecule has 0 atom stereocenters. The molecule has 18 heavy (non-hydrogen) atoms. The van der Waals surface area contributed by atoms with E-state index in [0.717, 1.165) is 28.2 Å². The molecule has 2 aromatic carbocycles. The van der Waals surface area contributed by atoms with Crippen molar-refractivity contribution in [3.63, 3.8) is 0 Å². The van der Waals surface area contributed by atoms with Crippen molar-refractivity contribution in [3.8, 4) is 0 Å². The molecule has 0 aromatic heterocycles. The van der Waals surface area contributed by atoms with Crippen LogP contribution in [0.2, 0.25) is 0 Å². The Labute approximate surface area is 107 Å². The van der Waals surface area contributed by atoms with E-state index in [2.05, 4.69) is 22.4 Å². The molecule has 0 saturated heterocycles. The maximum absolute atomic E-state index is 5.71.